The van der Waals surface area contributed by atoms with Gasteiger partial charge in [0.2, 0.25) is 0 Å². The summed E-state index contributed by atoms with van der Waals surface area (Å²) < 4.78 is 6.83. The van der Waals surface area contributed by atoms with E-state index < -0.39 is 8.32 Å². The molecule has 1 aromatic carbocycles. The van der Waals surface area contributed by atoms with E-state index in [2.05, 4.69) is 87.5 Å². The zero-order chi connectivity index (χ0) is 21.5. The van der Waals surface area contributed by atoms with Gasteiger partial charge in [-0.3, -0.25) is 0 Å². The van der Waals surface area contributed by atoms with Gasteiger partial charge in [-0.1, -0.05) is 70.5 Å². The molecule has 2 rings (SSSR count). The number of hydrogen-bond acceptors (Lipinski definition) is 4. The smallest absolute Gasteiger partial charge is 0.192 e. The maximum Gasteiger partial charge on any atom is 0.192 e. The Morgan fingerprint density at radius 3 is 2.34 bits per heavy atom. The lowest BCUT2D eigenvalue weighted by Crippen LogP contribution is -2.44. The van der Waals surface area contributed by atoms with Crippen molar-refractivity contribution in [1.29, 1.82) is 0 Å². The Balaban J connectivity index is 2.12. The number of nitrogen functional groups attached to an aromatic ring is 1. The summed E-state index contributed by atoms with van der Waals surface area (Å²) in [7, 11) is -1.89. The minimum absolute atomic E-state index is 0.0565. The predicted octanol–water partition coefficient (Wildman–Crippen LogP) is 5.73. The zero-order valence-corrected chi connectivity index (χ0v) is 20.0. The van der Waals surface area contributed by atoms with Gasteiger partial charge in [0.15, 0.2) is 8.32 Å². The molecule has 29 heavy (non-hydrogen) atoms. The molecular weight excluding hydrogens is 374 g/mol. The lowest BCUT2D eigenvalue weighted by atomic mass is 10.0. The van der Waals surface area contributed by atoms with E-state index in [1.165, 1.54) is 11.1 Å². The van der Waals surface area contributed by atoms with Crippen LogP contribution in [0.5, 0.6) is 0 Å². The quantitative estimate of drug-likeness (QED) is 0.488. The number of nitrogens with zero attached hydrogens (tertiary/aromatic N) is 1. The minimum atomic E-state index is -1.89. The van der Waals surface area contributed by atoms with Crippen LogP contribution in [0.3, 0.4) is 0 Å². The molecule has 0 radical (unpaired) electrons. The van der Waals surface area contributed by atoms with Gasteiger partial charge in [0.25, 0.3) is 0 Å². The highest BCUT2D eigenvalue weighted by molar-refractivity contribution is 6.74. The second-order valence-corrected chi connectivity index (χ2v) is 14.2. The molecule has 5 heteroatoms. The number of nitrogens with two attached hydrogens (primary N) is 1. The molecule has 0 bridgehead atoms. The maximum atomic E-state index is 6.83. The summed E-state index contributed by atoms with van der Waals surface area (Å²) in [6.07, 6.45) is 5.15. The van der Waals surface area contributed by atoms with Crippen molar-refractivity contribution in [1.82, 2.24) is 10.3 Å². The topological polar surface area (TPSA) is 60.2 Å². The first-order valence-electron chi connectivity index (χ1n) is 10.8. The van der Waals surface area contributed by atoms with E-state index in [4.69, 9.17) is 10.2 Å². The lowest BCUT2D eigenvalue weighted by Gasteiger charge is -2.40. The van der Waals surface area contributed by atoms with Gasteiger partial charge < -0.3 is 15.5 Å². The molecule has 0 amide bonds. The molecule has 0 aliphatic carbocycles. The third-order valence-corrected chi connectivity index (χ3v) is 10.5. The highest BCUT2D eigenvalue weighted by Crippen LogP contribution is 2.39. The monoisotopic (exact) mass is 413 g/mol. The van der Waals surface area contributed by atoms with Crippen molar-refractivity contribution in [2.45, 2.75) is 77.2 Å². The van der Waals surface area contributed by atoms with Crippen LogP contribution in [-0.2, 0) is 10.8 Å². The Labute approximate surface area is 178 Å². The third kappa shape index (κ3) is 7.25. The van der Waals surface area contributed by atoms with Crippen LogP contribution in [0.1, 0.15) is 57.8 Å². The summed E-state index contributed by atoms with van der Waals surface area (Å²) in [5.74, 6) is 0.570. The molecule has 1 aromatic heterocycles. The molecule has 0 aliphatic heterocycles. The van der Waals surface area contributed by atoms with Crippen LogP contribution in [-0.4, -0.2) is 25.9 Å². The Hall–Kier alpha value is -1.69. The van der Waals surface area contributed by atoms with Crippen molar-refractivity contribution >= 4 is 14.1 Å². The summed E-state index contributed by atoms with van der Waals surface area (Å²) in [5, 5.41) is 3.97. The fourth-order valence-electron chi connectivity index (χ4n) is 3.17. The first-order valence-corrected chi connectivity index (χ1v) is 13.7. The normalized spacial score (nSPS) is 14.6. The number of pyridine rings is 1. The van der Waals surface area contributed by atoms with Gasteiger partial charge in [-0.05, 0) is 48.2 Å². The van der Waals surface area contributed by atoms with Crippen molar-refractivity contribution in [3.8, 4) is 0 Å². The molecule has 0 saturated carbocycles. The summed E-state index contributed by atoms with van der Waals surface area (Å²) in [5.41, 5.74) is 8.19. The Morgan fingerprint density at radius 2 is 1.79 bits per heavy atom. The average molecular weight is 414 g/mol. The molecule has 160 valence electrons. The molecule has 0 spiro atoms. The predicted molar refractivity (Wildman–Crippen MR) is 127 cm³/mol. The van der Waals surface area contributed by atoms with E-state index >= 15 is 0 Å². The van der Waals surface area contributed by atoms with Crippen LogP contribution in [0.2, 0.25) is 18.1 Å². The van der Waals surface area contributed by atoms with E-state index in [9.17, 15) is 0 Å². The van der Waals surface area contributed by atoms with Crippen molar-refractivity contribution in [2.24, 2.45) is 0 Å². The highest BCUT2D eigenvalue weighted by atomic mass is 28.4. The fraction of sp³-hybridized carbons (Fsp3) is 0.542. The molecule has 0 fully saturated rings. The second kappa shape index (κ2) is 10.4. The molecule has 2 aromatic rings. The first-order chi connectivity index (χ1) is 13.6. The van der Waals surface area contributed by atoms with Crippen LogP contribution in [0, 0.1) is 0 Å². The summed E-state index contributed by atoms with van der Waals surface area (Å²) >= 11 is 0. The first kappa shape index (κ1) is 23.6. The van der Waals surface area contributed by atoms with E-state index in [-0.39, 0.29) is 11.1 Å². The molecule has 0 aliphatic rings. The van der Waals surface area contributed by atoms with Gasteiger partial charge in [-0.15, -0.1) is 0 Å². The lowest BCUT2D eigenvalue weighted by molar-refractivity contribution is 0.174. The standard InChI is InChI=1S/C24H39N3OSi/c1-7-11-21(16-19-14-15-23(25)27-17-19)26-18-22(20-12-9-8-10-13-20)28-29(5,6)24(2,3)4/h8-10,12-15,17,21-22,26H,7,11,16,18H2,1-6H3,(H2,25,27)/t21?,22-/m0/s1. The molecule has 1 unspecified atom stereocenters. The fourth-order valence-corrected chi connectivity index (χ4v) is 4.45. The maximum absolute atomic E-state index is 6.83. The minimum Gasteiger partial charge on any atom is -0.409 e. The number of aromatic nitrogens is 1. The van der Waals surface area contributed by atoms with Crippen molar-refractivity contribution in [2.75, 3.05) is 12.3 Å². The van der Waals surface area contributed by atoms with Crippen LogP contribution < -0.4 is 11.1 Å². The highest BCUT2D eigenvalue weighted by Gasteiger charge is 2.39. The molecular formula is C24H39N3OSi. The van der Waals surface area contributed by atoms with Crippen molar-refractivity contribution in [3.05, 3.63) is 59.8 Å². The number of hydrogen-bond donors (Lipinski definition) is 2. The number of anilines is 1. The number of nitrogens with one attached hydrogen (secondary N) is 1. The zero-order valence-electron chi connectivity index (χ0n) is 19.0. The molecule has 4 nitrogen and oxygen atoms in total. The van der Waals surface area contributed by atoms with Gasteiger partial charge >= 0.3 is 0 Å². The number of benzene rings is 1. The van der Waals surface area contributed by atoms with E-state index in [1.807, 2.05) is 12.3 Å². The van der Waals surface area contributed by atoms with E-state index in [1.54, 1.807) is 0 Å². The largest absolute Gasteiger partial charge is 0.409 e. The van der Waals surface area contributed by atoms with E-state index in [0.717, 1.165) is 25.8 Å². The SMILES string of the molecule is CCCC(Cc1ccc(N)nc1)NC[C@H](O[Si](C)(C)C(C)(C)C)c1ccccc1. The van der Waals surface area contributed by atoms with E-state index in [0.29, 0.717) is 11.9 Å². The molecule has 0 saturated heterocycles. The van der Waals surface area contributed by atoms with Gasteiger partial charge in [0.05, 0.1) is 6.10 Å². The van der Waals surface area contributed by atoms with Crippen LogP contribution >= 0.6 is 0 Å². The van der Waals surface area contributed by atoms with Gasteiger partial charge in [0.1, 0.15) is 5.82 Å². The van der Waals surface area contributed by atoms with Gasteiger partial charge in [-0.25, -0.2) is 4.98 Å². The van der Waals surface area contributed by atoms with Gasteiger partial charge in [-0.2, -0.15) is 0 Å². The third-order valence-electron chi connectivity index (χ3n) is 5.97. The van der Waals surface area contributed by atoms with Crippen LogP contribution in [0.25, 0.3) is 0 Å². The van der Waals surface area contributed by atoms with Crippen LogP contribution in [0.4, 0.5) is 5.82 Å². The number of rotatable bonds is 10. The molecule has 1 heterocycles. The summed E-state index contributed by atoms with van der Waals surface area (Å²) in [4.78, 5) is 4.24. The molecule has 2 atom stereocenters. The van der Waals surface area contributed by atoms with Crippen molar-refractivity contribution < 1.29 is 4.43 Å². The Kier molecular flexibility index (Phi) is 8.43. The Morgan fingerprint density at radius 1 is 1.10 bits per heavy atom. The summed E-state index contributed by atoms with van der Waals surface area (Å²) in [6.45, 7) is 14.6. The average Bonchev–Trinajstić information content (AvgIpc) is 2.66. The second-order valence-electron chi connectivity index (χ2n) is 9.47. The summed E-state index contributed by atoms with van der Waals surface area (Å²) in [6, 6.07) is 15.0. The van der Waals surface area contributed by atoms with Gasteiger partial charge in [0, 0.05) is 18.8 Å². The Bertz CT molecular complexity index is 726. The molecule has 3 N–H and O–H groups in total. The van der Waals surface area contributed by atoms with Crippen molar-refractivity contribution in [3.63, 3.8) is 0 Å². The van der Waals surface area contributed by atoms with Crippen LogP contribution in [0.15, 0.2) is 48.7 Å².